The molecule has 0 aliphatic carbocycles. The molecule has 23 heavy (non-hydrogen) atoms. The number of H-pyrrole nitrogens is 1. The zero-order valence-electron chi connectivity index (χ0n) is 13.0. The lowest BCUT2D eigenvalue weighted by Gasteiger charge is -2.10. The zero-order chi connectivity index (χ0) is 16.4. The molecule has 3 aromatic rings. The number of carbonyl (C=O) groups is 1. The first kappa shape index (κ1) is 15.2. The van der Waals surface area contributed by atoms with Gasteiger partial charge in [0.15, 0.2) is 0 Å². The second kappa shape index (κ2) is 6.20. The van der Waals surface area contributed by atoms with Crippen molar-refractivity contribution in [3.05, 3.63) is 53.6 Å². The van der Waals surface area contributed by atoms with Gasteiger partial charge in [0.05, 0.1) is 11.0 Å². The number of imidazole rings is 1. The first-order valence-corrected chi connectivity index (χ1v) is 7.25. The second-order valence-corrected chi connectivity index (χ2v) is 5.70. The molecule has 0 spiro atoms. The maximum Gasteiger partial charge on any atom is 0.274 e. The fourth-order valence-electron chi connectivity index (χ4n) is 2.53. The smallest absolute Gasteiger partial charge is 0.274 e. The molecule has 3 N–H and O–H groups in total. The number of fused-ring (bicyclic) bond motifs is 1. The van der Waals surface area contributed by atoms with E-state index in [-0.39, 0.29) is 0 Å². The number of hydroxylamine groups is 1. The van der Waals surface area contributed by atoms with Crippen LogP contribution in [0.5, 0.6) is 0 Å². The summed E-state index contributed by atoms with van der Waals surface area (Å²) in [5, 5.41) is 8.72. The van der Waals surface area contributed by atoms with Crippen LogP contribution < -0.4 is 5.48 Å². The monoisotopic (exact) mass is 310 g/mol. The van der Waals surface area contributed by atoms with E-state index in [0.717, 1.165) is 29.0 Å². The summed E-state index contributed by atoms with van der Waals surface area (Å²) >= 11 is 0. The molecule has 0 fully saturated rings. The average Bonchev–Trinajstić information content (AvgIpc) is 2.97. The number of aromatic nitrogens is 2. The van der Waals surface area contributed by atoms with Gasteiger partial charge in [0, 0.05) is 17.7 Å². The Morgan fingerprint density at radius 2 is 2.09 bits per heavy atom. The van der Waals surface area contributed by atoms with Crippen molar-refractivity contribution in [2.75, 3.05) is 14.1 Å². The molecule has 0 aliphatic heterocycles. The third-order valence-corrected chi connectivity index (χ3v) is 3.54. The fraction of sp³-hybridized carbons (Fsp3) is 0.176. The van der Waals surface area contributed by atoms with E-state index in [2.05, 4.69) is 27.0 Å². The Kier molecular flexibility index (Phi) is 4.10. The number of hydrogen-bond acceptors (Lipinski definition) is 4. The zero-order valence-corrected chi connectivity index (χ0v) is 13.0. The molecule has 1 amide bonds. The van der Waals surface area contributed by atoms with Gasteiger partial charge in [-0.1, -0.05) is 18.2 Å². The molecule has 2 aromatic carbocycles. The van der Waals surface area contributed by atoms with E-state index in [9.17, 15) is 4.79 Å². The summed E-state index contributed by atoms with van der Waals surface area (Å²) in [6.45, 7) is 0.856. The van der Waals surface area contributed by atoms with E-state index >= 15 is 0 Å². The van der Waals surface area contributed by atoms with Gasteiger partial charge in [-0.25, -0.2) is 10.5 Å². The minimum atomic E-state index is -0.545. The Hall–Kier alpha value is -2.70. The van der Waals surface area contributed by atoms with Crippen LogP contribution in [0.2, 0.25) is 0 Å². The summed E-state index contributed by atoms with van der Waals surface area (Å²) in [7, 11) is 4.06. The Bertz CT molecular complexity index is 855. The fourth-order valence-corrected chi connectivity index (χ4v) is 2.53. The van der Waals surface area contributed by atoms with Gasteiger partial charge in [0.25, 0.3) is 5.91 Å². The lowest BCUT2D eigenvalue weighted by molar-refractivity contribution is 0.0706. The number of nitrogens with zero attached hydrogens (tertiary/aromatic N) is 2. The van der Waals surface area contributed by atoms with Crippen molar-refractivity contribution in [3.8, 4) is 11.4 Å². The first-order valence-electron chi connectivity index (χ1n) is 7.25. The number of hydrogen-bond donors (Lipinski definition) is 3. The number of nitrogens with one attached hydrogen (secondary N) is 2. The summed E-state index contributed by atoms with van der Waals surface area (Å²) in [5.74, 6) is 0.207. The minimum Gasteiger partial charge on any atom is -0.338 e. The molecule has 0 bridgehead atoms. The van der Waals surface area contributed by atoms with Gasteiger partial charge in [-0.2, -0.15) is 0 Å². The van der Waals surface area contributed by atoms with Gasteiger partial charge in [-0.05, 0) is 43.9 Å². The molecule has 6 heteroatoms. The van der Waals surface area contributed by atoms with Crippen LogP contribution in [-0.2, 0) is 6.54 Å². The Balaban J connectivity index is 1.98. The van der Waals surface area contributed by atoms with Crippen LogP contribution in [0.3, 0.4) is 0 Å². The molecule has 0 atom stereocenters. The lowest BCUT2D eigenvalue weighted by atomic mass is 10.1. The standard InChI is InChI=1S/C17H18N4O2/c1-21(2)10-11-4-3-5-12(8-11)16-18-14-7-6-13(17(22)20-23)9-15(14)19-16/h3-9,23H,10H2,1-2H3,(H,18,19)(H,20,22). The van der Waals surface area contributed by atoms with Gasteiger partial charge in [-0.3, -0.25) is 10.0 Å². The normalized spacial score (nSPS) is 11.1. The molecule has 0 radical (unpaired) electrons. The summed E-state index contributed by atoms with van der Waals surface area (Å²) in [4.78, 5) is 21.4. The van der Waals surface area contributed by atoms with Gasteiger partial charge < -0.3 is 9.88 Å². The van der Waals surface area contributed by atoms with E-state index < -0.39 is 5.91 Å². The Morgan fingerprint density at radius 3 is 2.83 bits per heavy atom. The Labute approximate surface area is 133 Å². The molecule has 118 valence electrons. The van der Waals surface area contributed by atoms with Crippen molar-refractivity contribution < 1.29 is 10.0 Å². The van der Waals surface area contributed by atoms with Crippen molar-refractivity contribution in [2.24, 2.45) is 0 Å². The predicted octanol–water partition coefficient (Wildman–Crippen LogP) is 2.41. The second-order valence-electron chi connectivity index (χ2n) is 5.70. The van der Waals surface area contributed by atoms with Crippen LogP contribution in [0.4, 0.5) is 0 Å². The number of amides is 1. The maximum atomic E-state index is 11.5. The van der Waals surface area contributed by atoms with Crippen molar-refractivity contribution in [1.82, 2.24) is 20.3 Å². The first-order chi connectivity index (χ1) is 11.1. The van der Waals surface area contributed by atoms with Crippen LogP contribution in [-0.4, -0.2) is 40.1 Å². The van der Waals surface area contributed by atoms with Crippen LogP contribution in [0.1, 0.15) is 15.9 Å². The molecule has 3 rings (SSSR count). The number of benzene rings is 2. The highest BCUT2D eigenvalue weighted by Gasteiger charge is 2.10. The largest absolute Gasteiger partial charge is 0.338 e. The van der Waals surface area contributed by atoms with Crippen molar-refractivity contribution >= 4 is 16.9 Å². The molecule has 1 aromatic heterocycles. The summed E-state index contributed by atoms with van der Waals surface area (Å²) in [6, 6.07) is 13.2. The summed E-state index contributed by atoms with van der Waals surface area (Å²) < 4.78 is 0. The van der Waals surface area contributed by atoms with E-state index in [1.165, 1.54) is 5.56 Å². The van der Waals surface area contributed by atoms with Gasteiger partial charge in [0.1, 0.15) is 5.82 Å². The van der Waals surface area contributed by atoms with Crippen LogP contribution in [0.15, 0.2) is 42.5 Å². The molecule has 6 nitrogen and oxygen atoms in total. The average molecular weight is 310 g/mol. The van der Waals surface area contributed by atoms with Crippen LogP contribution in [0, 0.1) is 0 Å². The summed E-state index contributed by atoms with van der Waals surface area (Å²) in [5.41, 5.74) is 5.72. The topological polar surface area (TPSA) is 81.2 Å². The molecule has 1 heterocycles. The SMILES string of the molecule is CN(C)Cc1cccc(-c2nc3ccc(C(=O)NO)cc3[nH]2)c1. The molecule has 0 saturated heterocycles. The lowest BCUT2D eigenvalue weighted by Crippen LogP contribution is -2.18. The molecule has 0 unspecified atom stereocenters. The van der Waals surface area contributed by atoms with Crippen LogP contribution in [0.25, 0.3) is 22.4 Å². The molecule has 0 aliphatic rings. The number of aromatic amines is 1. The third-order valence-electron chi connectivity index (χ3n) is 3.54. The highest BCUT2D eigenvalue weighted by molar-refractivity contribution is 5.97. The Morgan fingerprint density at radius 1 is 1.26 bits per heavy atom. The summed E-state index contributed by atoms with van der Waals surface area (Å²) in [6.07, 6.45) is 0. The highest BCUT2D eigenvalue weighted by atomic mass is 16.5. The van der Waals surface area contributed by atoms with Crippen molar-refractivity contribution in [2.45, 2.75) is 6.54 Å². The minimum absolute atomic E-state index is 0.372. The molecule has 0 saturated carbocycles. The van der Waals surface area contributed by atoms with Gasteiger partial charge >= 0.3 is 0 Å². The van der Waals surface area contributed by atoms with Crippen LogP contribution >= 0.6 is 0 Å². The van der Waals surface area contributed by atoms with E-state index in [0.29, 0.717) is 5.56 Å². The van der Waals surface area contributed by atoms with E-state index in [4.69, 9.17) is 5.21 Å². The van der Waals surface area contributed by atoms with Gasteiger partial charge in [-0.15, -0.1) is 0 Å². The maximum absolute atomic E-state index is 11.5. The number of rotatable bonds is 4. The van der Waals surface area contributed by atoms with Crippen molar-refractivity contribution in [1.29, 1.82) is 0 Å². The molecular weight excluding hydrogens is 292 g/mol. The van der Waals surface area contributed by atoms with E-state index in [1.807, 2.05) is 26.2 Å². The van der Waals surface area contributed by atoms with Gasteiger partial charge in [0.2, 0.25) is 0 Å². The predicted molar refractivity (Wildman–Crippen MR) is 88.2 cm³/mol. The van der Waals surface area contributed by atoms with E-state index in [1.54, 1.807) is 23.7 Å². The van der Waals surface area contributed by atoms with Crippen molar-refractivity contribution in [3.63, 3.8) is 0 Å². The highest BCUT2D eigenvalue weighted by Crippen LogP contribution is 2.22. The third kappa shape index (κ3) is 3.23. The molecular formula is C17H18N4O2. The number of carbonyl (C=O) groups excluding carboxylic acids is 1. The quantitative estimate of drug-likeness (QED) is 0.510.